The molecule has 0 aromatic rings. The van der Waals surface area contributed by atoms with Crippen molar-refractivity contribution in [3.05, 3.63) is 11.4 Å². The normalized spacial score (nSPS) is 13.8. The number of nitrogens with zero attached hydrogens (tertiary/aromatic N) is 1. The van der Waals surface area contributed by atoms with Crippen LogP contribution in [0.4, 0.5) is 0 Å². The molecule has 9 heavy (non-hydrogen) atoms. The summed E-state index contributed by atoms with van der Waals surface area (Å²) in [5, 5.41) is 3.02. The van der Waals surface area contributed by atoms with Crippen LogP contribution < -0.4 is 5.32 Å². The zero-order valence-electron chi connectivity index (χ0n) is 6.52. The van der Waals surface area contributed by atoms with Crippen LogP contribution in [0.5, 0.6) is 0 Å². The number of nitrogens with one attached hydrogen (secondary N) is 1. The molecule has 0 aliphatic heterocycles. The van der Waals surface area contributed by atoms with Crippen molar-refractivity contribution < 1.29 is 0 Å². The Morgan fingerprint density at radius 3 is 2.33 bits per heavy atom. The largest absolute Gasteiger partial charge is 0.390 e. The summed E-state index contributed by atoms with van der Waals surface area (Å²) in [4.78, 5) is 4.09. The van der Waals surface area contributed by atoms with Gasteiger partial charge in [0.2, 0.25) is 0 Å². The molecule has 0 unspecified atom stereocenters. The molecular weight excluding hydrogens is 112 g/mol. The van der Waals surface area contributed by atoms with Gasteiger partial charge < -0.3 is 5.32 Å². The Labute approximate surface area is 56.7 Å². The van der Waals surface area contributed by atoms with E-state index in [4.69, 9.17) is 0 Å². The molecule has 52 valence electrons. The molecule has 0 heterocycles. The summed E-state index contributed by atoms with van der Waals surface area (Å²) >= 11 is 0. The second kappa shape index (κ2) is 4.13. The molecule has 0 saturated carbocycles. The summed E-state index contributed by atoms with van der Waals surface area (Å²) in [6, 6.07) is 0. The first kappa shape index (κ1) is 8.21. The smallest absolute Gasteiger partial charge is 0.0554 e. The minimum atomic E-state index is 1.04. The first-order valence-electron chi connectivity index (χ1n) is 3.06. The maximum Gasteiger partial charge on any atom is 0.0554 e. The van der Waals surface area contributed by atoms with E-state index in [9.17, 15) is 0 Å². The molecule has 0 aromatic heterocycles. The van der Waals surface area contributed by atoms with E-state index in [2.05, 4.69) is 10.3 Å². The maximum absolute atomic E-state index is 4.09. The average molecular weight is 126 g/mol. The topological polar surface area (TPSA) is 24.4 Å². The first-order valence-corrected chi connectivity index (χ1v) is 3.06. The van der Waals surface area contributed by atoms with Gasteiger partial charge in [-0.1, -0.05) is 0 Å². The third-order valence-electron chi connectivity index (χ3n) is 1.24. The summed E-state index contributed by atoms with van der Waals surface area (Å²) in [5.41, 5.74) is 2.16. The molecule has 2 heteroatoms. The van der Waals surface area contributed by atoms with Crippen LogP contribution in [-0.4, -0.2) is 13.3 Å². The van der Waals surface area contributed by atoms with Crippen molar-refractivity contribution in [3.63, 3.8) is 0 Å². The van der Waals surface area contributed by atoms with E-state index in [0.717, 1.165) is 11.4 Å². The Morgan fingerprint density at radius 1 is 1.44 bits per heavy atom. The van der Waals surface area contributed by atoms with Crippen LogP contribution in [0, 0.1) is 0 Å². The molecule has 1 N–H and O–H groups in total. The molecule has 0 aliphatic carbocycles. The molecule has 0 spiro atoms. The summed E-state index contributed by atoms with van der Waals surface area (Å²) in [7, 11) is 1.89. The van der Waals surface area contributed by atoms with E-state index >= 15 is 0 Å². The van der Waals surface area contributed by atoms with E-state index < -0.39 is 0 Å². The first-order chi connectivity index (χ1) is 4.22. The fourth-order valence-electron chi connectivity index (χ4n) is 0.471. The van der Waals surface area contributed by atoms with Crippen molar-refractivity contribution in [1.29, 1.82) is 0 Å². The maximum atomic E-state index is 4.09. The number of allylic oxidation sites excluding steroid dienone is 2. The second-order valence-electron chi connectivity index (χ2n) is 1.85. The van der Waals surface area contributed by atoms with Gasteiger partial charge in [-0.25, -0.2) is 0 Å². The van der Waals surface area contributed by atoms with Crippen molar-refractivity contribution in [2.24, 2.45) is 4.99 Å². The Bertz CT molecular complexity index is 134. The lowest BCUT2D eigenvalue weighted by Crippen LogP contribution is -2.03. The third kappa shape index (κ3) is 2.90. The lowest BCUT2D eigenvalue weighted by atomic mass is 10.4. The van der Waals surface area contributed by atoms with Gasteiger partial charge in [0.05, 0.1) is 5.70 Å². The summed E-state index contributed by atoms with van der Waals surface area (Å²) in [5.74, 6) is 0. The summed E-state index contributed by atoms with van der Waals surface area (Å²) in [6.07, 6.45) is 1.79. The fourth-order valence-corrected chi connectivity index (χ4v) is 0.471. The molecule has 0 aliphatic rings. The van der Waals surface area contributed by atoms with Gasteiger partial charge in [0.1, 0.15) is 0 Å². The van der Waals surface area contributed by atoms with Crippen LogP contribution in [0.1, 0.15) is 20.8 Å². The summed E-state index contributed by atoms with van der Waals surface area (Å²) in [6.45, 7) is 5.89. The van der Waals surface area contributed by atoms with Crippen molar-refractivity contribution in [2.75, 3.05) is 7.05 Å². The van der Waals surface area contributed by atoms with E-state index in [-0.39, 0.29) is 0 Å². The van der Waals surface area contributed by atoms with E-state index in [0.29, 0.717) is 0 Å². The van der Waals surface area contributed by atoms with Crippen molar-refractivity contribution >= 4 is 6.21 Å². The fraction of sp³-hybridized carbons (Fsp3) is 0.571. The lowest BCUT2D eigenvalue weighted by Gasteiger charge is -1.99. The highest BCUT2D eigenvalue weighted by Gasteiger charge is 1.86. The third-order valence-corrected chi connectivity index (χ3v) is 1.24. The monoisotopic (exact) mass is 126 g/mol. The van der Waals surface area contributed by atoms with Crippen LogP contribution >= 0.6 is 0 Å². The molecule has 0 bridgehead atoms. The van der Waals surface area contributed by atoms with Crippen molar-refractivity contribution in [1.82, 2.24) is 5.32 Å². The van der Waals surface area contributed by atoms with E-state index in [1.807, 2.05) is 27.8 Å². The Kier molecular flexibility index (Phi) is 3.76. The van der Waals surface area contributed by atoms with Gasteiger partial charge in [0, 0.05) is 19.0 Å². The minimum absolute atomic E-state index is 1.04. The molecule has 0 fully saturated rings. The number of rotatable bonds is 2. The average Bonchev–Trinajstić information content (AvgIpc) is 1.87. The van der Waals surface area contributed by atoms with Crippen LogP contribution in [0.25, 0.3) is 0 Å². The second-order valence-corrected chi connectivity index (χ2v) is 1.85. The van der Waals surface area contributed by atoms with E-state index in [1.165, 1.54) is 0 Å². The predicted molar refractivity (Wildman–Crippen MR) is 41.6 cm³/mol. The van der Waals surface area contributed by atoms with Crippen LogP contribution in [0.2, 0.25) is 0 Å². The number of hydrogen-bond donors (Lipinski definition) is 1. The summed E-state index contributed by atoms with van der Waals surface area (Å²) < 4.78 is 0. The van der Waals surface area contributed by atoms with E-state index in [1.54, 1.807) is 6.21 Å². The lowest BCUT2D eigenvalue weighted by molar-refractivity contribution is 0.950. The SMILES string of the molecule is CC=N/C(C)=C(\C)NC. The molecular formula is C7H14N2. The highest BCUT2D eigenvalue weighted by molar-refractivity contribution is 5.55. The molecule has 0 rings (SSSR count). The van der Waals surface area contributed by atoms with Gasteiger partial charge in [0.25, 0.3) is 0 Å². The minimum Gasteiger partial charge on any atom is -0.390 e. The highest BCUT2D eigenvalue weighted by Crippen LogP contribution is 1.98. The van der Waals surface area contributed by atoms with Gasteiger partial charge in [-0.15, -0.1) is 0 Å². The van der Waals surface area contributed by atoms with Gasteiger partial charge in [0.15, 0.2) is 0 Å². The standard InChI is InChI=1S/C7H14N2/c1-5-9-7(3)6(2)8-4/h5,8H,1-4H3/b7-6+,9-5?. The van der Waals surface area contributed by atoms with Crippen molar-refractivity contribution in [3.8, 4) is 0 Å². The molecule has 2 nitrogen and oxygen atoms in total. The van der Waals surface area contributed by atoms with Gasteiger partial charge in [-0.2, -0.15) is 0 Å². The Balaban J connectivity index is 4.10. The molecule has 0 amide bonds. The molecule has 0 saturated heterocycles. The molecule has 0 aromatic carbocycles. The quantitative estimate of drug-likeness (QED) is 0.558. The zero-order chi connectivity index (χ0) is 7.28. The number of aliphatic imine (C=N–C) groups is 1. The van der Waals surface area contributed by atoms with Gasteiger partial charge in [-0.05, 0) is 20.8 Å². The van der Waals surface area contributed by atoms with Gasteiger partial charge in [-0.3, -0.25) is 4.99 Å². The van der Waals surface area contributed by atoms with Gasteiger partial charge >= 0.3 is 0 Å². The zero-order valence-corrected chi connectivity index (χ0v) is 6.52. The van der Waals surface area contributed by atoms with Crippen LogP contribution in [0.15, 0.2) is 16.4 Å². The molecule has 0 radical (unpaired) electrons. The molecule has 0 atom stereocenters. The predicted octanol–water partition coefficient (Wildman–Crippen LogP) is 1.55. The Morgan fingerprint density at radius 2 is 2.00 bits per heavy atom. The van der Waals surface area contributed by atoms with Crippen LogP contribution in [0.3, 0.4) is 0 Å². The number of hydrogen-bond acceptors (Lipinski definition) is 2. The highest BCUT2D eigenvalue weighted by atomic mass is 14.9. The van der Waals surface area contributed by atoms with Crippen molar-refractivity contribution in [2.45, 2.75) is 20.8 Å². The Hall–Kier alpha value is -0.790. The van der Waals surface area contributed by atoms with Crippen LogP contribution in [-0.2, 0) is 0 Å².